The molecule has 0 aliphatic carbocycles. The molecule has 0 aliphatic rings. The fourth-order valence-electron chi connectivity index (χ4n) is 2.62. The largest absolute Gasteiger partial charge is 0.508 e. The lowest BCUT2D eigenvalue weighted by Crippen LogP contribution is -1.95. The first-order valence-electron chi connectivity index (χ1n) is 7.59. The van der Waals surface area contributed by atoms with E-state index in [4.69, 9.17) is 4.74 Å². The summed E-state index contributed by atoms with van der Waals surface area (Å²) in [5.41, 5.74) is 1.82. The van der Waals surface area contributed by atoms with Crippen molar-refractivity contribution in [1.82, 2.24) is 10.2 Å². The molecule has 116 valence electrons. The average molecular weight is 314 g/mol. The van der Waals surface area contributed by atoms with E-state index >= 15 is 0 Å². The van der Waals surface area contributed by atoms with Gasteiger partial charge in [-0.2, -0.15) is 0 Å². The first-order chi connectivity index (χ1) is 11.8. The minimum absolute atomic E-state index is 0.144. The van der Waals surface area contributed by atoms with Gasteiger partial charge in [-0.1, -0.05) is 54.6 Å². The molecule has 4 heteroatoms. The van der Waals surface area contributed by atoms with Gasteiger partial charge in [-0.25, -0.2) is 0 Å². The van der Waals surface area contributed by atoms with Gasteiger partial charge in [0, 0.05) is 22.4 Å². The molecule has 1 N–H and O–H groups in total. The number of nitrogens with zero attached hydrogens (tertiary/aromatic N) is 2. The highest BCUT2D eigenvalue weighted by atomic mass is 16.5. The van der Waals surface area contributed by atoms with Gasteiger partial charge < -0.3 is 9.84 Å². The second-order valence-corrected chi connectivity index (χ2v) is 5.36. The molecule has 0 saturated heterocycles. The van der Waals surface area contributed by atoms with Crippen molar-refractivity contribution < 1.29 is 9.84 Å². The highest BCUT2D eigenvalue weighted by Gasteiger charge is 2.12. The van der Waals surface area contributed by atoms with E-state index in [2.05, 4.69) is 10.2 Å². The lowest BCUT2D eigenvalue weighted by atomic mass is 10.1. The lowest BCUT2D eigenvalue weighted by Gasteiger charge is -2.10. The molecule has 4 aromatic rings. The Balaban J connectivity index is 1.84. The standard InChI is InChI=1S/C20H14N2O2/c23-15-9-6-10-16(13-15)24-20-18-12-5-4-11-17(18)19(21-22-20)14-7-2-1-3-8-14/h1-13,23H. The molecule has 0 radical (unpaired) electrons. The molecule has 0 aliphatic heterocycles. The Labute approximate surface area is 139 Å². The van der Waals surface area contributed by atoms with Gasteiger partial charge in [-0.05, 0) is 18.2 Å². The van der Waals surface area contributed by atoms with Crippen molar-refractivity contribution in [3.63, 3.8) is 0 Å². The summed E-state index contributed by atoms with van der Waals surface area (Å²) in [6.45, 7) is 0. The Kier molecular flexibility index (Phi) is 3.56. The van der Waals surface area contributed by atoms with Crippen molar-refractivity contribution in [2.24, 2.45) is 0 Å². The molecule has 0 amide bonds. The normalized spacial score (nSPS) is 10.7. The number of fused-ring (bicyclic) bond motifs is 1. The number of rotatable bonds is 3. The molecule has 0 spiro atoms. The van der Waals surface area contributed by atoms with Crippen LogP contribution in [0.5, 0.6) is 17.4 Å². The Morgan fingerprint density at radius 1 is 0.708 bits per heavy atom. The van der Waals surface area contributed by atoms with E-state index < -0.39 is 0 Å². The van der Waals surface area contributed by atoms with E-state index in [1.165, 1.54) is 0 Å². The zero-order valence-electron chi connectivity index (χ0n) is 12.8. The van der Waals surface area contributed by atoms with Crippen molar-refractivity contribution in [3.8, 4) is 28.6 Å². The Morgan fingerprint density at radius 3 is 2.25 bits per heavy atom. The summed E-state index contributed by atoms with van der Waals surface area (Å²) in [5.74, 6) is 1.07. The maximum absolute atomic E-state index is 9.58. The number of phenolic OH excluding ortho intramolecular Hbond substituents is 1. The van der Waals surface area contributed by atoms with Gasteiger partial charge in [0.1, 0.15) is 17.2 Å². The maximum Gasteiger partial charge on any atom is 0.246 e. The monoisotopic (exact) mass is 314 g/mol. The fourth-order valence-corrected chi connectivity index (χ4v) is 2.62. The SMILES string of the molecule is Oc1cccc(Oc2nnc(-c3ccccc3)c3ccccc23)c1. The van der Waals surface area contributed by atoms with Gasteiger partial charge in [-0.15, -0.1) is 10.2 Å². The molecule has 1 heterocycles. The minimum atomic E-state index is 0.144. The maximum atomic E-state index is 9.58. The van der Waals surface area contributed by atoms with E-state index in [9.17, 15) is 5.11 Å². The summed E-state index contributed by atoms with van der Waals surface area (Å²) in [6.07, 6.45) is 0. The van der Waals surface area contributed by atoms with Crippen LogP contribution in [0.1, 0.15) is 0 Å². The van der Waals surface area contributed by atoms with Crippen molar-refractivity contribution in [1.29, 1.82) is 0 Å². The van der Waals surface area contributed by atoms with Gasteiger partial charge in [-0.3, -0.25) is 0 Å². The van der Waals surface area contributed by atoms with Crippen molar-refractivity contribution in [3.05, 3.63) is 78.9 Å². The van der Waals surface area contributed by atoms with E-state index in [1.54, 1.807) is 24.3 Å². The van der Waals surface area contributed by atoms with Crippen molar-refractivity contribution >= 4 is 10.8 Å². The van der Waals surface area contributed by atoms with Crippen LogP contribution in [-0.2, 0) is 0 Å². The van der Waals surface area contributed by atoms with Gasteiger partial charge in [0.15, 0.2) is 0 Å². The van der Waals surface area contributed by atoms with Crippen LogP contribution >= 0.6 is 0 Å². The smallest absolute Gasteiger partial charge is 0.246 e. The Hall–Kier alpha value is -3.40. The van der Waals surface area contributed by atoms with Crippen LogP contribution in [0.3, 0.4) is 0 Å². The zero-order chi connectivity index (χ0) is 16.4. The first-order valence-corrected chi connectivity index (χ1v) is 7.59. The molecular weight excluding hydrogens is 300 g/mol. The van der Waals surface area contributed by atoms with Crippen LogP contribution in [0.15, 0.2) is 78.9 Å². The van der Waals surface area contributed by atoms with Crippen LogP contribution in [0.25, 0.3) is 22.0 Å². The third kappa shape index (κ3) is 2.65. The molecule has 3 aromatic carbocycles. The predicted molar refractivity (Wildman–Crippen MR) is 93.2 cm³/mol. The molecule has 0 saturated carbocycles. The number of ether oxygens (including phenoxy) is 1. The summed E-state index contributed by atoms with van der Waals surface area (Å²) in [7, 11) is 0. The third-order valence-electron chi connectivity index (χ3n) is 3.73. The third-order valence-corrected chi connectivity index (χ3v) is 3.73. The topological polar surface area (TPSA) is 55.2 Å². The Morgan fingerprint density at radius 2 is 1.46 bits per heavy atom. The highest BCUT2D eigenvalue weighted by Crippen LogP contribution is 2.33. The van der Waals surface area contributed by atoms with Crippen LogP contribution in [0.2, 0.25) is 0 Å². The first kappa shape index (κ1) is 14.2. The van der Waals surface area contributed by atoms with Crippen LogP contribution in [0.4, 0.5) is 0 Å². The van der Waals surface area contributed by atoms with E-state index in [0.29, 0.717) is 11.6 Å². The highest BCUT2D eigenvalue weighted by molar-refractivity contribution is 5.97. The second kappa shape index (κ2) is 6.01. The summed E-state index contributed by atoms with van der Waals surface area (Å²) in [6, 6.07) is 24.4. The molecule has 0 atom stereocenters. The lowest BCUT2D eigenvalue weighted by molar-refractivity contribution is 0.445. The molecule has 24 heavy (non-hydrogen) atoms. The predicted octanol–water partition coefficient (Wildman–Crippen LogP) is 4.79. The Bertz CT molecular complexity index is 1000. The molecular formula is C20H14N2O2. The summed E-state index contributed by atoms with van der Waals surface area (Å²) in [4.78, 5) is 0. The van der Waals surface area contributed by atoms with E-state index in [-0.39, 0.29) is 5.75 Å². The molecule has 0 fully saturated rings. The van der Waals surface area contributed by atoms with Crippen LogP contribution < -0.4 is 4.74 Å². The summed E-state index contributed by atoms with van der Waals surface area (Å²) >= 11 is 0. The van der Waals surface area contributed by atoms with Gasteiger partial charge in [0.2, 0.25) is 5.88 Å². The number of hydrogen-bond acceptors (Lipinski definition) is 4. The number of phenols is 1. The van der Waals surface area contributed by atoms with E-state index in [1.807, 2.05) is 54.6 Å². The van der Waals surface area contributed by atoms with E-state index in [0.717, 1.165) is 22.0 Å². The number of benzene rings is 3. The number of hydrogen-bond donors (Lipinski definition) is 1. The van der Waals surface area contributed by atoms with Crippen molar-refractivity contribution in [2.45, 2.75) is 0 Å². The number of aromatic hydroxyl groups is 1. The molecule has 0 unspecified atom stereocenters. The summed E-state index contributed by atoms with van der Waals surface area (Å²) in [5, 5.41) is 20.0. The minimum Gasteiger partial charge on any atom is -0.508 e. The quantitative estimate of drug-likeness (QED) is 0.590. The summed E-state index contributed by atoms with van der Waals surface area (Å²) < 4.78 is 5.83. The molecule has 1 aromatic heterocycles. The molecule has 4 nitrogen and oxygen atoms in total. The fraction of sp³-hybridized carbons (Fsp3) is 0. The van der Waals surface area contributed by atoms with Gasteiger partial charge >= 0.3 is 0 Å². The van der Waals surface area contributed by atoms with Gasteiger partial charge in [0.25, 0.3) is 0 Å². The van der Waals surface area contributed by atoms with Crippen molar-refractivity contribution in [2.75, 3.05) is 0 Å². The zero-order valence-corrected chi connectivity index (χ0v) is 12.8. The molecule has 0 bridgehead atoms. The molecule has 4 rings (SSSR count). The van der Waals surface area contributed by atoms with Crippen LogP contribution in [-0.4, -0.2) is 15.3 Å². The van der Waals surface area contributed by atoms with Crippen LogP contribution in [0, 0.1) is 0 Å². The van der Waals surface area contributed by atoms with Gasteiger partial charge in [0.05, 0.1) is 0 Å². The number of aromatic nitrogens is 2. The second-order valence-electron chi connectivity index (χ2n) is 5.36. The average Bonchev–Trinajstić information content (AvgIpc) is 2.63.